The quantitative estimate of drug-likeness (QED) is 0.359. The summed E-state index contributed by atoms with van der Waals surface area (Å²) in [5, 5.41) is 8.15. The van der Waals surface area contributed by atoms with Crippen LogP contribution in [-0.2, 0) is 19.1 Å². The van der Waals surface area contributed by atoms with Gasteiger partial charge in [-0.3, -0.25) is 14.9 Å². The lowest BCUT2D eigenvalue weighted by Gasteiger charge is -2.11. The zero-order valence-electron chi connectivity index (χ0n) is 15.5. The Balaban J connectivity index is 1.77. The fourth-order valence-corrected chi connectivity index (χ4v) is 2.69. The molecule has 3 N–H and O–H groups in total. The van der Waals surface area contributed by atoms with E-state index in [9.17, 15) is 14.4 Å². The van der Waals surface area contributed by atoms with E-state index in [0.717, 1.165) is 31.6 Å². The van der Waals surface area contributed by atoms with Crippen molar-refractivity contribution in [1.29, 1.82) is 0 Å². The highest BCUT2D eigenvalue weighted by Crippen LogP contribution is 2.12. The third kappa shape index (κ3) is 7.45. The monoisotopic (exact) mass is 405 g/mol. The number of benzene rings is 1. The second kappa shape index (κ2) is 11.2. The number of carbonyl (C=O) groups is 3. The van der Waals surface area contributed by atoms with E-state index in [4.69, 9.17) is 17.0 Å². The van der Waals surface area contributed by atoms with Crippen LogP contribution < -0.4 is 16.0 Å². The molecule has 1 unspecified atom stereocenters. The molecule has 150 valence electrons. The molecule has 28 heavy (non-hydrogen) atoms. The van der Waals surface area contributed by atoms with Crippen LogP contribution in [0, 0.1) is 0 Å². The van der Waals surface area contributed by atoms with E-state index in [1.807, 2.05) is 0 Å². The number of anilines is 1. The van der Waals surface area contributed by atoms with Crippen molar-refractivity contribution in [3.05, 3.63) is 42.0 Å². The van der Waals surface area contributed by atoms with E-state index in [2.05, 4.69) is 20.7 Å². The summed E-state index contributed by atoms with van der Waals surface area (Å²) in [7, 11) is 0. The highest BCUT2D eigenvalue weighted by molar-refractivity contribution is 7.80. The van der Waals surface area contributed by atoms with E-state index in [-0.39, 0.29) is 23.7 Å². The van der Waals surface area contributed by atoms with Gasteiger partial charge in [0, 0.05) is 36.6 Å². The third-order valence-corrected chi connectivity index (χ3v) is 4.02. The molecule has 2 rings (SSSR count). The minimum absolute atomic E-state index is 0.0640. The fraction of sp³-hybridized carbons (Fsp3) is 0.368. The van der Waals surface area contributed by atoms with Gasteiger partial charge in [0.1, 0.15) is 0 Å². The van der Waals surface area contributed by atoms with Crippen LogP contribution >= 0.6 is 12.2 Å². The SMILES string of the molecule is CCOC(=O)/C=C/C(=O)NC(=S)Nc1ccc(C(=O)NCC2CCCO2)cc1. The van der Waals surface area contributed by atoms with Gasteiger partial charge in [0.15, 0.2) is 5.11 Å². The molecule has 0 saturated carbocycles. The molecule has 1 saturated heterocycles. The number of nitrogens with one attached hydrogen (secondary N) is 3. The number of esters is 1. The molecular weight excluding hydrogens is 382 g/mol. The van der Waals surface area contributed by atoms with Gasteiger partial charge in [-0.2, -0.15) is 0 Å². The number of carbonyl (C=O) groups excluding carboxylic acids is 3. The molecular formula is C19H23N3O5S. The van der Waals surface area contributed by atoms with Crippen molar-refractivity contribution in [1.82, 2.24) is 10.6 Å². The summed E-state index contributed by atoms with van der Waals surface area (Å²) < 4.78 is 10.1. The molecule has 1 aliphatic heterocycles. The molecule has 1 heterocycles. The number of hydrogen-bond donors (Lipinski definition) is 3. The molecule has 9 heteroatoms. The second-order valence-electron chi connectivity index (χ2n) is 5.95. The summed E-state index contributed by atoms with van der Waals surface area (Å²) >= 11 is 5.04. The van der Waals surface area contributed by atoms with Gasteiger partial charge in [-0.05, 0) is 56.2 Å². The van der Waals surface area contributed by atoms with Crippen LogP contribution in [0.5, 0.6) is 0 Å². The Morgan fingerprint density at radius 1 is 1.25 bits per heavy atom. The van der Waals surface area contributed by atoms with E-state index in [1.54, 1.807) is 31.2 Å². The maximum Gasteiger partial charge on any atom is 0.330 e. The number of hydrogen-bond acceptors (Lipinski definition) is 6. The molecule has 1 aromatic carbocycles. The van der Waals surface area contributed by atoms with Gasteiger partial charge in [0.2, 0.25) is 5.91 Å². The molecule has 1 aliphatic rings. The lowest BCUT2D eigenvalue weighted by atomic mass is 10.2. The normalized spacial score (nSPS) is 15.8. The third-order valence-electron chi connectivity index (χ3n) is 3.81. The summed E-state index contributed by atoms with van der Waals surface area (Å²) in [5.74, 6) is -1.34. The Hall–Kier alpha value is -2.78. The lowest BCUT2D eigenvalue weighted by molar-refractivity contribution is -0.137. The molecule has 0 aromatic heterocycles. The molecule has 0 bridgehead atoms. The van der Waals surface area contributed by atoms with Crippen LogP contribution in [0.3, 0.4) is 0 Å². The van der Waals surface area contributed by atoms with Crippen molar-refractivity contribution in [2.24, 2.45) is 0 Å². The smallest absolute Gasteiger partial charge is 0.330 e. The highest BCUT2D eigenvalue weighted by Gasteiger charge is 2.16. The van der Waals surface area contributed by atoms with Crippen LogP contribution in [0.2, 0.25) is 0 Å². The molecule has 0 aliphatic carbocycles. The number of rotatable bonds is 7. The largest absolute Gasteiger partial charge is 0.463 e. The zero-order valence-corrected chi connectivity index (χ0v) is 16.3. The second-order valence-corrected chi connectivity index (χ2v) is 6.36. The Bertz CT molecular complexity index is 742. The summed E-state index contributed by atoms with van der Waals surface area (Å²) in [5.41, 5.74) is 1.12. The van der Waals surface area contributed by atoms with Crippen molar-refractivity contribution < 1.29 is 23.9 Å². The average molecular weight is 405 g/mol. The topological polar surface area (TPSA) is 106 Å². The standard InChI is InChI=1S/C19H23N3O5S/c1-2-26-17(24)10-9-16(23)22-19(28)21-14-7-5-13(6-8-14)18(25)20-12-15-4-3-11-27-15/h5-10,15H,2-4,11-12H2,1H3,(H,20,25)(H2,21,22,23,28)/b10-9+. The first kappa shape index (κ1) is 21.5. The minimum atomic E-state index is -0.607. The Morgan fingerprint density at radius 2 is 2.00 bits per heavy atom. The van der Waals surface area contributed by atoms with Crippen LogP contribution in [-0.4, -0.2) is 48.8 Å². The molecule has 0 radical (unpaired) electrons. The van der Waals surface area contributed by atoms with Crippen molar-refractivity contribution in [2.75, 3.05) is 25.1 Å². The fourth-order valence-electron chi connectivity index (χ4n) is 2.47. The van der Waals surface area contributed by atoms with Crippen LogP contribution in [0.25, 0.3) is 0 Å². The van der Waals surface area contributed by atoms with Crippen LogP contribution in [0.4, 0.5) is 5.69 Å². The van der Waals surface area contributed by atoms with Gasteiger partial charge in [0.05, 0.1) is 12.7 Å². The van der Waals surface area contributed by atoms with Crippen molar-refractivity contribution in [3.63, 3.8) is 0 Å². The first-order valence-corrected chi connectivity index (χ1v) is 9.35. The molecule has 0 spiro atoms. The average Bonchev–Trinajstić information content (AvgIpc) is 3.19. The Kier molecular flexibility index (Phi) is 8.57. The van der Waals surface area contributed by atoms with Crippen LogP contribution in [0.1, 0.15) is 30.1 Å². The summed E-state index contributed by atoms with van der Waals surface area (Å²) in [6.07, 6.45) is 4.12. The first-order valence-electron chi connectivity index (χ1n) is 8.94. The highest BCUT2D eigenvalue weighted by atomic mass is 32.1. The van der Waals surface area contributed by atoms with E-state index >= 15 is 0 Å². The lowest BCUT2D eigenvalue weighted by Crippen LogP contribution is -2.33. The molecule has 1 fully saturated rings. The maximum atomic E-state index is 12.1. The summed E-state index contributed by atoms with van der Waals surface area (Å²) in [4.78, 5) is 35.0. The van der Waals surface area contributed by atoms with Gasteiger partial charge >= 0.3 is 5.97 Å². The zero-order chi connectivity index (χ0) is 20.4. The van der Waals surface area contributed by atoms with E-state index in [0.29, 0.717) is 17.8 Å². The van der Waals surface area contributed by atoms with E-state index < -0.39 is 11.9 Å². The summed E-state index contributed by atoms with van der Waals surface area (Å²) in [6.45, 7) is 3.14. The predicted octanol–water partition coefficient (Wildman–Crippen LogP) is 1.53. The van der Waals surface area contributed by atoms with Crippen LogP contribution in [0.15, 0.2) is 36.4 Å². The van der Waals surface area contributed by atoms with Gasteiger partial charge in [0.25, 0.3) is 5.91 Å². The maximum absolute atomic E-state index is 12.1. The summed E-state index contributed by atoms with van der Waals surface area (Å²) in [6, 6.07) is 6.65. The molecule has 8 nitrogen and oxygen atoms in total. The van der Waals surface area contributed by atoms with Gasteiger partial charge < -0.3 is 20.1 Å². The van der Waals surface area contributed by atoms with Gasteiger partial charge in [-0.1, -0.05) is 0 Å². The number of thiocarbonyl (C=S) groups is 1. The van der Waals surface area contributed by atoms with Crippen molar-refractivity contribution in [3.8, 4) is 0 Å². The van der Waals surface area contributed by atoms with Crippen molar-refractivity contribution >= 4 is 40.8 Å². The molecule has 1 atom stereocenters. The Labute approximate surface area is 168 Å². The number of amides is 2. The van der Waals surface area contributed by atoms with E-state index in [1.165, 1.54) is 0 Å². The van der Waals surface area contributed by atoms with Gasteiger partial charge in [-0.15, -0.1) is 0 Å². The predicted molar refractivity (Wildman–Crippen MR) is 108 cm³/mol. The molecule has 2 amide bonds. The van der Waals surface area contributed by atoms with Gasteiger partial charge in [-0.25, -0.2) is 4.79 Å². The Morgan fingerprint density at radius 3 is 2.64 bits per heavy atom. The number of ether oxygens (including phenoxy) is 2. The molecule has 1 aromatic rings. The van der Waals surface area contributed by atoms with Crippen molar-refractivity contribution in [2.45, 2.75) is 25.9 Å². The first-order chi connectivity index (χ1) is 13.5. The minimum Gasteiger partial charge on any atom is -0.463 e.